The maximum Gasteiger partial charge on any atom is 0.411 e. The van der Waals surface area contributed by atoms with Gasteiger partial charge in [0.2, 0.25) is 0 Å². The molecule has 0 radical (unpaired) electrons. The zero-order valence-corrected chi connectivity index (χ0v) is 18.9. The highest BCUT2D eigenvalue weighted by Gasteiger charge is 2.36. The Morgan fingerprint density at radius 3 is 2.74 bits per heavy atom. The van der Waals surface area contributed by atoms with Gasteiger partial charge in [-0.15, -0.1) is 11.8 Å². The van der Waals surface area contributed by atoms with Gasteiger partial charge in [0.1, 0.15) is 6.10 Å². The van der Waals surface area contributed by atoms with Crippen LogP contribution >= 0.6 is 11.8 Å². The highest BCUT2D eigenvalue weighted by atomic mass is 32.2. The van der Waals surface area contributed by atoms with E-state index < -0.39 is 0 Å². The first-order valence-electron chi connectivity index (χ1n) is 11.3. The second-order valence-corrected chi connectivity index (χ2v) is 10.4. The first kappa shape index (κ1) is 20.7. The molecule has 1 N–H and O–H groups in total. The summed E-state index contributed by atoms with van der Waals surface area (Å²) in [4.78, 5) is 16.1. The van der Waals surface area contributed by atoms with Crippen molar-refractivity contribution in [2.45, 2.75) is 37.2 Å². The van der Waals surface area contributed by atoms with E-state index in [1.807, 2.05) is 18.2 Å². The molecule has 0 saturated carbocycles. The molecule has 5 heteroatoms. The Morgan fingerprint density at radius 1 is 1.16 bits per heavy atom. The molecular weight excluding hydrogens is 404 g/mol. The fraction of sp³-hybridized carbons (Fsp3) is 0.423. The minimum Gasteiger partial charge on any atom is -0.444 e. The summed E-state index contributed by atoms with van der Waals surface area (Å²) in [5.74, 6) is 1.46. The van der Waals surface area contributed by atoms with Crippen LogP contribution in [0, 0.1) is 11.3 Å². The zero-order valence-electron chi connectivity index (χ0n) is 18.0. The lowest BCUT2D eigenvalue weighted by atomic mass is 9.79. The topological polar surface area (TPSA) is 41.6 Å². The van der Waals surface area contributed by atoms with Gasteiger partial charge in [0.25, 0.3) is 0 Å². The Kier molecular flexibility index (Phi) is 5.81. The Balaban J connectivity index is 1.21. The third-order valence-electron chi connectivity index (χ3n) is 6.85. The highest BCUT2D eigenvalue weighted by Crippen LogP contribution is 2.39. The number of benzene rings is 2. The van der Waals surface area contributed by atoms with Crippen LogP contribution in [-0.4, -0.2) is 42.5 Å². The highest BCUT2D eigenvalue weighted by molar-refractivity contribution is 7.99. The van der Waals surface area contributed by atoms with Crippen molar-refractivity contribution in [3.8, 4) is 0 Å². The summed E-state index contributed by atoms with van der Waals surface area (Å²) in [6.07, 6.45) is 7.58. The van der Waals surface area contributed by atoms with E-state index in [2.05, 4.69) is 59.6 Å². The number of carbonyl (C=O) groups excluding carboxylic acids is 1. The number of hydrogen-bond donors (Lipinski definition) is 1. The molecule has 2 aromatic rings. The number of nitrogens with zero attached hydrogens (tertiary/aromatic N) is 1. The van der Waals surface area contributed by atoms with E-state index in [4.69, 9.17) is 4.74 Å². The monoisotopic (exact) mass is 434 g/mol. The van der Waals surface area contributed by atoms with Crippen molar-refractivity contribution in [2.24, 2.45) is 11.3 Å². The molecule has 3 fully saturated rings. The number of thioether (sulfide) groups is 1. The van der Waals surface area contributed by atoms with E-state index in [-0.39, 0.29) is 17.6 Å². The van der Waals surface area contributed by atoms with Gasteiger partial charge in [-0.25, -0.2) is 4.79 Å². The van der Waals surface area contributed by atoms with Crippen LogP contribution in [0.3, 0.4) is 0 Å². The van der Waals surface area contributed by atoms with Crippen LogP contribution in [0.1, 0.15) is 30.9 Å². The summed E-state index contributed by atoms with van der Waals surface area (Å²) in [6.45, 7) is 5.47. The molecule has 1 amide bonds. The van der Waals surface area contributed by atoms with E-state index >= 15 is 0 Å². The predicted molar refractivity (Wildman–Crippen MR) is 128 cm³/mol. The number of amides is 1. The first-order chi connectivity index (χ1) is 15.1. The SMILES string of the molecule is CC1(CSc2ccccc2NC(=O)OC2CN3CCC2CC3)C=Cc2ccccc2C1. The first-order valence-corrected chi connectivity index (χ1v) is 12.3. The standard InChI is InChI=1S/C26H30N2O2S/c1-26(13-10-19-6-2-3-7-21(19)16-26)18-31-24-9-5-4-8-22(24)27-25(29)30-23-17-28-14-11-20(23)12-15-28/h2-10,13,20,23H,11-12,14-18H2,1H3,(H,27,29). The lowest BCUT2D eigenvalue weighted by molar-refractivity contribution is -0.0289. The van der Waals surface area contributed by atoms with Crippen LogP contribution in [0.25, 0.3) is 6.08 Å². The average Bonchev–Trinajstić information content (AvgIpc) is 2.79. The number of nitrogens with one attached hydrogen (secondary N) is 1. The maximum atomic E-state index is 12.6. The number of para-hydroxylation sites is 1. The number of allylic oxidation sites excluding steroid dienone is 1. The molecule has 162 valence electrons. The Morgan fingerprint density at radius 2 is 1.94 bits per heavy atom. The molecular formula is C26H30N2O2S. The van der Waals surface area contributed by atoms with Crippen molar-refractivity contribution in [1.29, 1.82) is 0 Å². The van der Waals surface area contributed by atoms with Gasteiger partial charge in [0, 0.05) is 17.2 Å². The summed E-state index contributed by atoms with van der Waals surface area (Å²) < 4.78 is 5.83. The van der Waals surface area contributed by atoms with Gasteiger partial charge < -0.3 is 4.74 Å². The lowest BCUT2D eigenvalue weighted by Crippen LogP contribution is -2.52. The van der Waals surface area contributed by atoms with Gasteiger partial charge in [-0.2, -0.15) is 0 Å². The summed E-state index contributed by atoms with van der Waals surface area (Å²) in [5, 5.41) is 3.01. The van der Waals surface area contributed by atoms with Gasteiger partial charge in [-0.1, -0.05) is 55.5 Å². The smallest absolute Gasteiger partial charge is 0.411 e. The molecule has 4 nitrogen and oxygen atoms in total. The third kappa shape index (κ3) is 4.68. The summed E-state index contributed by atoms with van der Waals surface area (Å²) in [7, 11) is 0. The van der Waals surface area contributed by atoms with Crippen LogP contribution in [0.2, 0.25) is 0 Å². The lowest BCUT2D eigenvalue weighted by Gasteiger charge is -2.43. The van der Waals surface area contributed by atoms with Crippen molar-refractivity contribution in [1.82, 2.24) is 4.90 Å². The fourth-order valence-corrected chi connectivity index (χ4v) is 6.13. The fourth-order valence-electron chi connectivity index (χ4n) is 5.00. The van der Waals surface area contributed by atoms with Crippen LogP contribution in [0.15, 0.2) is 59.5 Å². The summed E-state index contributed by atoms with van der Waals surface area (Å²) >= 11 is 1.80. The molecule has 0 spiro atoms. The molecule has 3 saturated heterocycles. The quantitative estimate of drug-likeness (QED) is 0.613. The number of ether oxygens (including phenoxy) is 1. The van der Waals surface area contributed by atoms with E-state index in [0.717, 1.165) is 55.2 Å². The molecule has 0 aromatic heterocycles. The van der Waals surface area contributed by atoms with Crippen LogP contribution < -0.4 is 5.32 Å². The predicted octanol–water partition coefficient (Wildman–Crippen LogP) is 5.70. The van der Waals surface area contributed by atoms with Crippen LogP contribution in [0.4, 0.5) is 10.5 Å². The number of anilines is 1. The Labute approximate surface area is 189 Å². The Hall–Kier alpha value is -2.24. The van der Waals surface area contributed by atoms with Crippen molar-refractivity contribution in [3.05, 3.63) is 65.7 Å². The van der Waals surface area contributed by atoms with Crippen molar-refractivity contribution >= 4 is 29.6 Å². The molecule has 2 bridgehead atoms. The van der Waals surface area contributed by atoms with Crippen LogP contribution in [0.5, 0.6) is 0 Å². The summed E-state index contributed by atoms with van der Waals surface area (Å²) in [5.41, 5.74) is 3.65. The molecule has 3 heterocycles. The normalized spacial score (nSPS) is 28.7. The van der Waals surface area contributed by atoms with Crippen molar-refractivity contribution in [3.63, 3.8) is 0 Å². The van der Waals surface area contributed by atoms with E-state index in [1.165, 1.54) is 11.1 Å². The average molecular weight is 435 g/mol. The largest absolute Gasteiger partial charge is 0.444 e. The van der Waals surface area contributed by atoms with E-state index in [0.29, 0.717) is 5.92 Å². The molecule has 6 rings (SSSR count). The van der Waals surface area contributed by atoms with Gasteiger partial charge in [-0.05, 0) is 66.9 Å². The van der Waals surface area contributed by atoms with Gasteiger partial charge in [0.05, 0.1) is 5.69 Å². The molecule has 2 atom stereocenters. The number of rotatable bonds is 5. The third-order valence-corrected chi connectivity index (χ3v) is 8.32. The Bertz CT molecular complexity index is 983. The number of fused-ring (bicyclic) bond motifs is 4. The molecule has 31 heavy (non-hydrogen) atoms. The van der Waals surface area contributed by atoms with Crippen molar-refractivity contribution < 1.29 is 9.53 Å². The van der Waals surface area contributed by atoms with E-state index in [9.17, 15) is 4.79 Å². The van der Waals surface area contributed by atoms with Crippen LogP contribution in [-0.2, 0) is 11.2 Å². The number of piperidine rings is 3. The second kappa shape index (κ2) is 8.71. The molecule has 2 unspecified atom stereocenters. The summed E-state index contributed by atoms with van der Waals surface area (Å²) in [6, 6.07) is 16.7. The minimum absolute atomic E-state index is 0.0219. The van der Waals surface area contributed by atoms with Gasteiger partial charge >= 0.3 is 6.09 Å². The molecule has 2 aromatic carbocycles. The van der Waals surface area contributed by atoms with Gasteiger partial charge in [0.15, 0.2) is 0 Å². The minimum atomic E-state index is -0.329. The molecule has 1 aliphatic carbocycles. The number of carbonyl (C=O) groups is 1. The maximum absolute atomic E-state index is 12.6. The molecule has 4 aliphatic rings. The second-order valence-electron chi connectivity index (χ2n) is 9.35. The van der Waals surface area contributed by atoms with E-state index in [1.54, 1.807) is 11.8 Å². The van der Waals surface area contributed by atoms with Gasteiger partial charge in [-0.3, -0.25) is 10.2 Å². The van der Waals surface area contributed by atoms with Crippen molar-refractivity contribution in [2.75, 3.05) is 30.7 Å². The number of hydrogen-bond acceptors (Lipinski definition) is 4. The molecule has 3 aliphatic heterocycles. The zero-order chi connectivity index (χ0) is 21.3.